The van der Waals surface area contributed by atoms with Crippen molar-refractivity contribution in [2.24, 2.45) is 11.8 Å². The van der Waals surface area contributed by atoms with E-state index in [2.05, 4.69) is 79.2 Å². The van der Waals surface area contributed by atoms with Gasteiger partial charge in [-0.15, -0.1) is 0 Å². The van der Waals surface area contributed by atoms with Crippen LogP contribution in [-0.2, 0) is 18.4 Å². The van der Waals surface area contributed by atoms with Crippen LogP contribution in [0.5, 0.6) is 0 Å². The number of piperidine rings is 1. The van der Waals surface area contributed by atoms with E-state index < -0.39 is 0 Å². The van der Waals surface area contributed by atoms with E-state index in [0.717, 1.165) is 24.4 Å². The smallest absolute Gasteiger partial charge is 0.0426 e. The SMILES string of the molecule is C[C@H]1C2Cc3ccc(N(C)Cc4ccccc4)cc3[C@@]1(C)CCN2CC1CC1. The third-order valence-corrected chi connectivity index (χ3v) is 8.00. The van der Waals surface area contributed by atoms with Crippen molar-refractivity contribution in [2.75, 3.05) is 25.0 Å². The zero-order valence-electron chi connectivity index (χ0n) is 17.7. The summed E-state index contributed by atoms with van der Waals surface area (Å²) < 4.78 is 0. The summed E-state index contributed by atoms with van der Waals surface area (Å²) in [7, 11) is 2.23. The van der Waals surface area contributed by atoms with Crippen LogP contribution in [0, 0.1) is 11.8 Å². The molecule has 0 amide bonds. The molecule has 1 heterocycles. The van der Waals surface area contributed by atoms with E-state index in [1.807, 2.05) is 0 Å². The second kappa shape index (κ2) is 6.91. The Labute approximate surface area is 170 Å². The van der Waals surface area contributed by atoms with Crippen LogP contribution in [0.25, 0.3) is 0 Å². The number of benzene rings is 2. The first kappa shape index (κ1) is 18.2. The van der Waals surface area contributed by atoms with Crippen LogP contribution >= 0.6 is 0 Å². The summed E-state index contributed by atoms with van der Waals surface area (Å²) in [5, 5.41) is 0. The molecular formula is C26H34N2. The minimum absolute atomic E-state index is 0.321. The van der Waals surface area contributed by atoms with Crippen molar-refractivity contribution in [3.63, 3.8) is 0 Å². The van der Waals surface area contributed by atoms with E-state index in [-0.39, 0.29) is 0 Å². The number of hydrogen-bond donors (Lipinski definition) is 0. The van der Waals surface area contributed by atoms with Gasteiger partial charge in [-0.25, -0.2) is 0 Å². The molecule has 2 aliphatic carbocycles. The number of nitrogens with zero attached hydrogens (tertiary/aromatic N) is 2. The molecule has 2 aromatic carbocycles. The molecule has 3 aliphatic rings. The Balaban J connectivity index is 1.42. The van der Waals surface area contributed by atoms with E-state index >= 15 is 0 Å². The summed E-state index contributed by atoms with van der Waals surface area (Å²) in [4.78, 5) is 5.24. The van der Waals surface area contributed by atoms with Gasteiger partial charge in [0.15, 0.2) is 0 Å². The fraction of sp³-hybridized carbons (Fsp3) is 0.538. The molecule has 3 atom stereocenters. The maximum absolute atomic E-state index is 2.84. The standard InChI is InChI=1S/C26H34N2/c1-19-25-15-22-11-12-23(27(3)17-20-7-5-4-6-8-20)16-24(22)26(19,2)13-14-28(25)18-21-9-10-21/h4-8,11-12,16,19,21,25H,9-10,13-15,17-18H2,1-3H3/t19-,25?,26-/m0/s1. The van der Waals surface area contributed by atoms with Crippen LogP contribution in [-0.4, -0.2) is 31.1 Å². The molecule has 0 radical (unpaired) electrons. The van der Waals surface area contributed by atoms with Gasteiger partial charge in [-0.1, -0.05) is 50.2 Å². The lowest BCUT2D eigenvalue weighted by atomic mass is 9.59. The molecule has 1 saturated carbocycles. The molecule has 1 unspecified atom stereocenters. The minimum Gasteiger partial charge on any atom is -0.370 e. The summed E-state index contributed by atoms with van der Waals surface area (Å²) in [5.41, 5.74) is 6.27. The van der Waals surface area contributed by atoms with E-state index in [9.17, 15) is 0 Å². The molecule has 2 fully saturated rings. The molecule has 0 aromatic heterocycles. The number of rotatable bonds is 5. The Hall–Kier alpha value is -1.80. The Bertz CT molecular complexity index is 841. The molecule has 2 bridgehead atoms. The van der Waals surface area contributed by atoms with Crippen molar-refractivity contribution in [3.05, 3.63) is 65.2 Å². The molecule has 2 aromatic rings. The van der Waals surface area contributed by atoms with E-state index in [4.69, 9.17) is 0 Å². The number of anilines is 1. The van der Waals surface area contributed by atoms with Gasteiger partial charge in [0.2, 0.25) is 0 Å². The van der Waals surface area contributed by atoms with Crippen LogP contribution in [0.1, 0.15) is 49.8 Å². The van der Waals surface area contributed by atoms with Gasteiger partial charge in [0.25, 0.3) is 0 Å². The van der Waals surface area contributed by atoms with Gasteiger partial charge >= 0.3 is 0 Å². The summed E-state index contributed by atoms with van der Waals surface area (Å²) in [5.74, 6) is 1.73. The zero-order valence-corrected chi connectivity index (χ0v) is 17.7. The number of fused-ring (bicyclic) bond motifs is 4. The largest absolute Gasteiger partial charge is 0.370 e. The van der Waals surface area contributed by atoms with Gasteiger partial charge in [0.1, 0.15) is 0 Å². The minimum atomic E-state index is 0.321. The topological polar surface area (TPSA) is 6.48 Å². The molecule has 2 nitrogen and oxygen atoms in total. The first-order valence-corrected chi connectivity index (χ1v) is 11.2. The molecule has 0 N–H and O–H groups in total. The fourth-order valence-corrected chi connectivity index (χ4v) is 5.74. The molecule has 1 aliphatic heterocycles. The van der Waals surface area contributed by atoms with Crippen molar-refractivity contribution in [2.45, 2.75) is 57.5 Å². The van der Waals surface area contributed by atoms with Crippen molar-refractivity contribution >= 4 is 5.69 Å². The van der Waals surface area contributed by atoms with Crippen LogP contribution in [0.3, 0.4) is 0 Å². The third-order valence-electron chi connectivity index (χ3n) is 8.00. The highest BCUT2D eigenvalue weighted by Crippen LogP contribution is 2.50. The first-order chi connectivity index (χ1) is 13.5. The van der Waals surface area contributed by atoms with Gasteiger partial charge in [0.05, 0.1) is 0 Å². The predicted molar refractivity (Wildman–Crippen MR) is 118 cm³/mol. The second-order valence-electron chi connectivity index (χ2n) is 9.85. The van der Waals surface area contributed by atoms with Crippen LogP contribution < -0.4 is 4.90 Å². The molecule has 28 heavy (non-hydrogen) atoms. The van der Waals surface area contributed by atoms with Crippen LogP contribution in [0.2, 0.25) is 0 Å². The molecular weight excluding hydrogens is 340 g/mol. The van der Waals surface area contributed by atoms with Gasteiger partial charge in [-0.2, -0.15) is 0 Å². The quantitative estimate of drug-likeness (QED) is 0.704. The molecule has 0 spiro atoms. The maximum atomic E-state index is 2.84. The average Bonchev–Trinajstić information content (AvgIpc) is 3.52. The van der Waals surface area contributed by atoms with Gasteiger partial charge in [0, 0.05) is 31.9 Å². The van der Waals surface area contributed by atoms with Crippen molar-refractivity contribution in [1.29, 1.82) is 0 Å². The third kappa shape index (κ3) is 3.16. The molecule has 1 saturated heterocycles. The number of likely N-dealkylation sites (tertiary alicyclic amines) is 1. The lowest BCUT2D eigenvalue weighted by molar-refractivity contribution is 0.0284. The van der Waals surface area contributed by atoms with Crippen molar-refractivity contribution < 1.29 is 0 Å². The lowest BCUT2D eigenvalue weighted by Crippen LogP contribution is -2.58. The van der Waals surface area contributed by atoms with Crippen molar-refractivity contribution in [3.8, 4) is 0 Å². The Kier molecular flexibility index (Phi) is 4.50. The Morgan fingerprint density at radius 1 is 1.11 bits per heavy atom. The lowest BCUT2D eigenvalue weighted by Gasteiger charge is -2.55. The van der Waals surface area contributed by atoms with E-state index in [1.165, 1.54) is 50.0 Å². The van der Waals surface area contributed by atoms with Gasteiger partial charge < -0.3 is 4.90 Å². The first-order valence-electron chi connectivity index (χ1n) is 11.2. The maximum Gasteiger partial charge on any atom is 0.0426 e. The predicted octanol–water partition coefficient (Wildman–Crippen LogP) is 5.26. The monoisotopic (exact) mass is 374 g/mol. The summed E-state index contributed by atoms with van der Waals surface area (Å²) in [6.45, 7) is 8.65. The molecule has 148 valence electrons. The fourth-order valence-electron chi connectivity index (χ4n) is 5.74. The summed E-state index contributed by atoms with van der Waals surface area (Å²) in [6, 6.07) is 18.8. The van der Waals surface area contributed by atoms with E-state index in [1.54, 1.807) is 11.1 Å². The highest BCUT2D eigenvalue weighted by atomic mass is 15.2. The van der Waals surface area contributed by atoms with Crippen LogP contribution in [0.15, 0.2) is 48.5 Å². The van der Waals surface area contributed by atoms with Crippen molar-refractivity contribution in [1.82, 2.24) is 4.90 Å². The normalized spacial score (nSPS) is 29.4. The Morgan fingerprint density at radius 2 is 1.89 bits per heavy atom. The Morgan fingerprint density at radius 3 is 2.64 bits per heavy atom. The molecule has 2 heteroatoms. The van der Waals surface area contributed by atoms with Crippen LogP contribution in [0.4, 0.5) is 5.69 Å². The summed E-state index contributed by atoms with van der Waals surface area (Å²) >= 11 is 0. The summed E-state index contributed by atoms with van der Waals surface area (Å²) in [6.07, 6.45) is 5.46. The average molecular weight is 375 g/mol. The zero-order chi connectivity index (χ0) is 19.3. The molecule has 5 rings (SSSR count). The second-order valence-corrected chi connectivity index (χ2v) is 9.85. The van der Waals surface area contributed by atoms with E-state index in [0.29, 0.717) is 5.41 Å². The highest BCUT2D eigenvalue weighted by Gasteiger charge is 2.49. The number of hydrogen-bond acceptors (Lipinski definition) is 2. The van der Waals surface area contributed by atoms with Gasteiger partial charge in [-0.3, -0.25) is 4.90 Å². The van der Waals surface area contributed by atoms with Gasteiger partial charge in [-0.05, 0) is 78.3 Å². The highest BCUT2D eigenvalue weighted by molar-refractivity contribution is 5.54.